The minimum absolute atomic E-state index is 0.304. The van der Waals surface area contributed by atoms with Crippen LogP contribution >= 0.6 is 15.9 Å². The van der Waals surface area contributed by atoms with E-state index in [-0.39, 0.29) is 11.6 Å². The highest BCUT2D eigenvalue weighted by Gasteiger charge is 2.15. The highest BCUT2D eigenvalue weighted by molar-refractivity contribution is 9.10. The fraction of sp³-hybridized carbons (Fsp3) is 0.143. The predicted molar refractivity (Wildman–Crippen MR) is 71.3 cm³/mol. The standard InChI is InChI=1S/C14H12BrF2N/c1-8-6-9(16)2-4-11(8)14(18)12-7-10(17)3-5-13(12)15/h2-7,14H,18H2,1H3. The molecule has 1 unspecified atom stereocenters. The normalized spacial score (nSPS) is 12.5. The summed E-state index contributed by atoms with van der Waals surface area (Å²) < 4.78 is 27.0. The van der Waals surface area contributed by atoms with Crippen molar-refractivity contribution in [3.8, 4) is 0 Å². The van der Waals surface area contributed by atoms with E-state index in [1.54, 1.807) is 19.1 Å². The van der Waals surface area contributed by atoms with Crippen molar-refractivity contribution in [1.29, 1.82) is 0 Å². The van der Waals surface area contributed by atoms with Gasteiger partial charge in [0, 0.05) is 4.47 Å². The molecular formula is C14H12BrF2N. The summed E-state index contributed by atoms with van der Waals surface area (Å²) in [6.07, 6.45) is 0. The summed E-state index contributed by atoms with van der Waals surface area (Å²) >= 11 is 3.35. The Morgan fingerprint density at radius 2 is 1.61 bits per heavy atom. The molecule has 94 valence electrons. The number of hydrogen-bond acceptors (Lipinski definition) is 1. The monoisotopic (exact) mass is 311 g/mol. The molecule has 1 atom stereocenters. The van der Waals surface area contributed by atoms with E-state index in [4.69, 9.17) is 5.73 Å². The van der Waals surface area contributed by atoms with Crippen LogP contribution in [0.2, 0.25) is 0 Å². The van der Waals surface area contributed by atoms with Crippen LogP contribution < -0.4 is 5.73 Å². The Morgan fingerprint density at radius 3 is 2.28 bits per heavy atom. The molecule has 0 amide bonds. The zero-order valence-electron chi connectivity index (χ0n) is 9.75. The summed E-state index contributed by atoms with van der Waals surface area (Å²) in [5.41, 5.74) is 8.29. The van der Waals surface area contributed by atoms with Crippen LogP contribution in [0.15, 0.2) is 40.9 Å². The van der Waals surface area contributed by atoms with E-state index in [1.165, 1.54) is 24.3 Å². The molecule has 0 radical (unpaired) electrons. The van der Waals surface area contributed by atoms with Crippen LogP contribution in [0.3, 0.4) is 0 Å². The van der Waals surface area contributed by atoms with Gasteiger partial charge in [0.1, 0.15) is 11.6 Å². The number of rotatable bonds is 2. The molecule has 2 N–H and O–H groups in total. The van der Waals surface area contributed by atoms with Crippen molar-refractivity contribution in [3.63, 3.8) is 0 Å². The number of nitrogens with two attached hydrogens (primary N) is 1. The van der Waals surface area contributed by atoms with Crippen molar-refractivity contribution < 1.29 is 8.78 Å². The molecule has 0 aliphatic carbocycles. The van der Waals surface area contributed by atoms with Gasteiger partial charge in [-0.2, -0.15) is 0 Å². The molecule has 1 nitrogen and oxygen atoms in total. The van der Waals surface area contributed by atoms with E-state index >= 15 is 0 Å². The largest absolute Gasteiger partial charge is 0.320 e. The molecule has 4 heteroatoms. The Balaban J connectivity index is 2.47. The number of aryl methyl sites for hydroxylation is 1. The lowest BCUT2D eigenvalue weighted by atomic mass is 9.96. The van der Waals surface area contributed by atoms with E-state index < -0.39 is 6.04 Å². The van der Waals surface area contributed by atoms with E-state index in [9.17, 15) is 8.78 Å². The molecule has 0 aromatic heterocycles. The summed E-state index contributed by atoms with van der Waals surface area (Å²) in [4.78, 5) is 0. The number of halogens is 3. The minimum Gasteiger partial charge on any atom is -0.320 e. The summed E-state index contributed by atoms with van der Waals surface area (Å²) in [5, 5.41) is 0. The second-order valence-electron chi connectivity index (χ2n) is 4.14. The summed E-state index contributed by atoms with van der Waals surface area (Å²) in [6.45, 7) is 1.78. The fourth-order valence-electron chi connectivity index (χ4n) is 1.91. The maximum absolute atomic E-state index is 13.3. The van der Waals surface area contributed by atoms with Gasteiger partial charge >= 0.3 is 0 Å². The third-order valence-electron chi connectivity index (χ3n) is 2.86. The van der Waals surface area contributed by atoms with Crippen molar-refractivity contribution >= 4 is 15.9 Å². The lowest BCUT2D eigenvalue weighted by molar-refractivity contribution is 0.620. The Morgan fingerprint density at radius 1 is 1.00 bits per heavy atom. The predicted octanol–water partition coefficient (Wildman–Crippen LogP) is 4.08. The van der Waals surface area contributed by atoms with E-state index in [0.717, 1.165) is 15.6 Å². The maximum atomic E-state index is 13.3. The molecule has 2 aromatic carbocycles. The molecule has 2 rings (SSSR count). The van der Waals surface area contributed by atoms with E-state index in [1.807, 2.05) is 0 Å². The quantitative estimate of drug-likeness (QED) is 0.888. The average molecular weight is 312 g/mol. The van der Waals surface area contributed by atoms with Gasteiger partial charge in [-0.3, -0.25) is 0 Å². The van der Waals surface area contributed by atoms with Crippen LogP contribution in [-0.4, -0.2) is 0 Å². The number of benzene rings is 2. The first-order chi connectivity index (χ1) is 8.49. The van der Waals surface area contributed by atoms with Gasteiger partial charge in [0.05, 0.1) is 6.04 Å². The second-order valence-corrected chi connectivity index (χ2v) is 5.00. The Kier molecular flexibility index (Phi) is 3.78. The zero-order chi connectivity index (χ0) is 13.3. The SMILES string of the molecule is Cc1cc(F)ccc1C(N)c1cc(F)ccc1Br. The van der Waals surface area contributed by atoms with Crippen LogP contribution in [0.5, 0.6) is 0 Å². The molecule has 0 heterocycles. The van der Waals surface area contributed by atoms with Gasteiger partial charge in [0.15, 0.2) is 0 Å². The zero-order valence-corrected chi connectivity index (χ0v) is 11.3. The van der Waals surface area contributed by atoms with Gasteiger partial charge < -0.3 is 5.73 Å². The minimum atomic E-state index is -0.490. The van der Waals surface area contributed by atoms with Crippen LogP contribution in [0, 0.1) is 18.6 Å². The first-order valence-electron chi connectivity index (χ1n) is 5.45. The van der Waals surface area contributed by atoms with Gasteiger partial charge in [-0.25, -0.2) is 8.78 Å². The Bertz CT molecular complexity index is 584. The van der Waals surface area contributed by atoms with E-state index in [0.29, 0.717) is 5.56 Å². The van der Waals surface area contributed by atoms with Crippen molar-refractivity contribution in [2.24, 2.45) is 5.73 Å². The van der Waals surface area contributed by atoms with Crippen molar-refractivity contribution in [1.82, 2.24) is 0 Å². The average Bonchev–Trinajstić information content (AvgIpc) is 2.31. The van der Waals surface area contributed by atoms with Gasteiger partial charge in [0.25, 0.3) is 0 Å². The van der Waals surface area contributed by atoms with Gasteiger partial charge in [0.2, 0.25) is 0 Å². The van der Waals surface area contributed by atoms with Gasteiger partial charge in [-0.15, -0.1) is 0 Å². The molecule has 0 aliphatic heterocycles. The Labute approximate surface area is 113 Å². The molecule has 2 aromatic rings. The second kappa shape index (κ2) is 5.16. The van der Waals surface area contributed by atoms with E-state index in [2.05, 4.69) is 15.9 Å². The molecule has 0 fully saturated rings. The fourth-order valence-corrected chi connectivity index (χ4v) is 2.40. The third-order valence-corrected chi connectivity index (χ3v) is 3.58. The first-order valence-corrected chi connectivity index (χ1v) is 6.25. The van der Waals surface area contributed by atoms with Crippen LogP contribution in [0.1, 0.15) is 22.7 Å². The summed E-state index contributed by atoms with van der Waals surface area (Å²) in [6, 6.07) is 8.28. The van der Waals surface area contributed by atoms with Crippen LogP contribution in [-0.2, 0) is 0 Å². The summed E-state index contributed by atoms with van der Waals surface area (Å²) in [7, 11) is 0. The van der Waals surface area contributed by atoms with Crippen molar-refractivity contribution in [2.75, 3.05) is 0 Å². The molecular weight excluding hydrogens is 300 g/mol. The molecule has 0 aliphatic rings. The lowest BCUT2D eigenvalue weighted by Gasteiger charge is -2.17. The van der Waals surface area contributed by atoms with Crippen molar-refractivity contribution in [2.45, 2.75) is 13.0 Å². The smallest absolute Gasteiger partial charge is 0.123 e. The van der Waals surface area contributed by atoms with Gasteiger partial charge in [-0.05, 0) is 53.9 Å². The van der Waals surface area contributed by atoms with Crippen molar-refractivity contribution in [3.05, 3.63) is 69.2 Å². The maximum Gasteiger partial charge on any atom is 0.123 e. The Hall–Kier alpha value is -1.26. The molecule has 0 bridgehead atoms. The first kappa shape index (κ1) is 13.2. The third kappa shape index (κ3) is 2.60. The van der Waals surface area contributed by atoms with Crippen LogP contribution in [0.25, 0.3) is 0 Å². The molecule has 18 heavy (non-hydrogen) atoms. The molecule has 0 saturated heterocycles. The highest BCUT2D eigenvalue weighted by Crippen LogP contribution is 2.29. The summed E-state index contributed by atoms with van der Waals surface area (Å²) in [5.74, 6) is -0.648. The van der Waals surface area contributed by atoms with Crippen LogP contribution in [0.4, 0.5) is 8.78 Å². The number of hydrogen-bond donors (Lipinski definition) is 1. The lowest BCUT2D eigenvalue weighted by Crippen LogP contribution is -2.14. The van der Waals surface area contributed by atoms with Gasteiger partial charge in [-0.1, -0.05) is 22.0 Å². The molecule has 0 saturated carbocycles. The highest BCUT2D eigenvalue weighted by atomic mass is 79.9. The topological polar surface area (TPSA) is 26.0 Å². The molecule has 0 spiro atoms.